The number of aromatic nitrogens is 3. The van der Waals surface area contributed by atoms with Crippen molar-refractivity contribution < 1.29 is 17.9 Å². The van der Waals surface area contributed by atoms with E-state index in [2.05, 4.69) is 10.2 Å². The number of pyridine rings is 1. The highest BCUT2D eigenvalue weighted by Crippen LogP contribution is 2.30. The first-order valence-electron chi connectivity index (χ1n) is 8.20. The van der Waals surface area contributed by atoms with Crippen LogP contribution in [0.3, 0.4) is 0 Å². The van der Waals surface area contributed by atoms with Crippen molar-refractivity contribution in [3.8, 4) is 17.1 Å². The van der Waals surface area contributed by atoms with Crippen LogP contribution in [0.2, 0.25) is 0 Å². The fraction of sp³-hybridized carbons (Fsp3) is 0.100. The Labute approximate surface area is 152 Å². The van der Waals surface area contributed by atoms with Crippen molar-refractivity contribution in [2.45, 2.75) is 12.8 Å². The molecule has 4 nitrogen and oxygen atoms in total. The van der Waals surface area contributed by atoms with Gasteiger partial charge in [-0.05, 0) is 29.8 Å². The smallest absolute Gasteiger partial charge is 0.417 e. The summed E-state index contributed by atoms with van der Waals surface area (Å²) >= 11 is 0. The lowest BCUT2D eigenvalue weighted by Gasteiger charge is -2.09. The van der Waals surface area contributed by atoms with Gasteiger partial charge in [0.2, 0.25) is 0 Å². The van der Waals surface area contributed by atoms with Gasteiger partial charge in [0.05, 0.1) is 5.56 Å². The van der Waals surface area contributed by atoms with Crippen LogP contribution < -0.4 is 4.74 Å². The zero-order valence-corrected chi connectivity index (χ0v) is 14.0. The van der Waals surface area contributed by atoms with Gasteiger partial charge in [-0.2, -0.15) is 13.2 Å². The van der Waals surface area contributed by atoms with E-state index in [4.69, 9.17) is 4.74 Å². The second-order valence-electron chi connectivity index (χ2n) is 5.97. The number of fused-ring (bicyclic) bond motifs is 1. The maximum Gasteiger partial charge on any atom is 0.417 e. The van der Waals surface area contributed by atoms with E-state index in [1.165, 1.54) is 10.5 Å². The van der Waals surface area contributed by atoms with Crippen LogP contribution >= 0.6 is 0 Å². The number of ether oxygens (including phenoxy) is 1. The zero-order chi connectivity index (χ0) is 18.9. The highest BCUT2D eigenvalue weighted by Gasteiger charge is 2.31. The summed E-state index contributed by atoms with van der Waals surface area (Å²) in [6.07, 6.45) is -3.43. The first kappa shape index (κ1) is 17.1. The summed E-state index contributed by atoms with van der Waals surface area (Å²) in [7, 11) is 0. The molecule has 2 aromatic carbocycles. The van der Waals surface area contributed by atoms with E-state index in [-0.39, 0.29) is 0 Å². The van der Waals surface area contributed by atoms with Gasteiger partial charge >= 0.3 is 6.18 Å². The van der Waals surface area contributed by atoms with Crippen molar-refractivity contribution in [3.63, 3.8) is 0 Å². The average molecular weight is 369 g/mol. The molecule has 2 aromatic heterocycles. The molecule has 0 spiro atoms. The van der Waals surface area contributed by atoms with Gasteiger partial charge in [0, 0.05) is 11.8 Å². The molecule has 136 valence electrons. The quantitative estimate of drug-likeness (QED) is 0.509. The van der Waals surface area contributed by atoms with Crippen molar-refractivity contribution in [2.75, 3.05) is 0 Å². The Morgan fingerprint density at radius 1 is 0.889 bits per heavy atom. The Bertz CT molecular complexity index is 1070. The highest BCUT2D eigenvalue weighted by atomic mass is 19.4. The molecule has 0 aliphatic rings. The predicted molar refractivity (Wildman–Crippen MR) is 94.2 cm³/mol. The molecule has 0 saturated heterocycles. The van der Waals surface area contributed by atoms with E-state index in [1.54, 1.807) is 24.3 Å². The van der Waals surface area contributed by atoms with Gasteiger partial charge in [0.15, 0.2) is 11.5 Å². The van der Waals surface area contributed by atoms with E-state index < -0.39 is 11.7 Å². The van der Waals surface area contributed by atoms with Gasteiger partial charge in [-0.15, -0.1) is 10.2 Å². The van der Waals surface area contributed by atoms with Crippen LogP contribution in [0.25, 0.3) is 17.0 Å². The molecule has 4 aromatic rings. The zero-order valence-electron chi connectivity index (χ0n) is 14.0. The number of hydrogen-bond donors (Lipinski definition) is 0. The number of hydrogen-bond acceptors (Lipinski definition) is 3. The minimum atomic E-state index is -4.43. The summed E-state index contributed by atoms with van der Waals surface area (Å²) in [6, 6.07) is 19.0. The number of halogens is 3. The van der Waals surface area contributed by atoms with Crippen LogP contribution in [0.1, 0.15) is 11.1 Å². The van der Waals surface area contributed by atoms with E-state index in [0.717, 1.165) is 17.8 Å². The summed E-state index contributed by atoms with van der Waals surface area (Å²) in [5.74, 6) is 0.918. The molecule has 0 aliphatic carbocycles. The third-order valence-corrected chi connectivity index (χ3v) is 4.07. The third kappa shape index (κ3) is 3.62. The average Bonchev–Trinajstić information content (AvgIpc) is 3.10. The van der Waals surface area contributed by atoms with Gasteiger partial charge in [-0.3, -0.25) is 4.40 Å². The SMILES string of the molecule is FC(F)(F)c1ccc2nnc(-c3cccc(OCc4ccccc4)c3)n2c1. The minimum Gasteiger partial charge on any atom is -0.489 e. The molecular weight excluding hydrogens is 355 g/mol. The van der Waals surface area contributed by atoms with Crippen LogP contribution in [-0.4, -0.2) is 14.6 Å². The van der Waals surface area contributed by atoms with Gasteiger partial charge in [0.25, 0.3) is 0 Å². The van der Waals surface area contributed by atoms with Gasteiger partial charge in [-0.1, -0.05) is 42.5 Å². The lowest BCUT2D eigenvalue weighted by molar-refractivity contribution is -0.137. The second-order valence-corrected chi connectivity index (χ2v) is 5.97. The molecule has 27 heavy (non-hydrogen) atoms. The van der Waals surface area contributed by atoms with Crippen LogP contribution in [0, 0.1) is 0 Å². The lowest BCUT2D eigenvalue weighted by atomic mass is 10.2. The second kappa shape index (κ2) is 6.75. The Kier molecular flexibility index (Phi) is 4.27. The Morgan fingerprint density at radius 2 is 1.70 bits per heavy atom. The Balaban J connectivity index is 1.65. The van der Waals surface area contributed by atoms with Crippen LogP contribution in [0.15, 0.2) is 72.9 Å². The molecule has 0 unspecified atom stereocenters. The molecule has 0 aliphatic heterocycles. The van der Waals surface area contributed by atoms with Gasteiger partial charge in [-0.25, -0.2) is 0 Å². The van der Waals surface area contributed by atoms with E-state index in [1.807, 2.05) is 30.3 Å². The predicted octanol–water partition coefficient (Wildman–Crippen LogP) is 4.99. The summed E-state index contributed by atoms with van der Waals surface area (Å²) < 4.78 is 46.1. The van der Waals surface area contributed by atoms with Crippen molar-refractivity contribution in [3.05, 3.63) is 84.1 Å². The molecule has 2 heterocycles. The first-order chi connectivity index (χ1) is 13.0. The number of rotatable bonds is 4. The molecule has 0 fully saturated rings. The standard InChI is InChI=1S/C20H14F3N3O/c21-20(22,23)16-9-10-18-24-25-19(26(18)12-16)15-7-4-8-17(11-15)27-13-14-5-2-1-3-6-14/h1-12H,13H2. The van der Waals surface area contributed by atoms with Gasteiger partial charge in [0.1, 0.15) is 12.4 Å². The molecule has 0 atom stereocenters. The summed E-state index contributed by atoms with van der Waals surface area (Å²) in [5.41, 5.74) is 1.22. The number of benzene rings is 2. The minimum absolute atomic E-state index is 0.321. The number of nitrogens with zero attached hydrogens (tertiary/aromatic N) is 3. The van der Waals surface area contributed by atoms with Crippen LogP contribution in [-0.2, 0) is 12.8 Å². The first-order valence-corrected chi connectivity index (χ1v) is 8.20. The number of alkyl halides is 3. The van der Waals surface area contributed by atoms with Crippen LogP contribution in [0.4, 0.5) is 13.2 Å². The molecule has 0 bridgehead atoms. The highest BCUT2D eigenvalue weighted by molar-refractivity contribution is 5.61. The lowest BCUT2D eigenvalue weighted by Crippen LogP contribution is -2.06. The van der Waals surface area contributed by atoms with Crippen molar-refractivity contribution in [2.24, 2.45) is 0 Å². The summed E-state index contributed by atoms with van der Waals surface area (Å²) in [4.78, 5) is 0. The molecule has 0 saturated carbocycles. The Morgan fingerprint density at radius 3 is 2.48 bits per heavy atom. The molecule has 4 rings (SSSR count). The molecule has 0 radical (unpaired) electrons. The van der Waals surface area contributed by atoms with Gasteiger partial charge < -0.3 is 4.74 Å². The summed E-state index contributed by atoms with van der Waals surface area (Å²) in [6.45, 7) is 0.392. The maximum absolute atomic E-state index is 13.0. The fourth-order valence-corrected chi connectivity index (χ4v) is 2.72. The van der Waals surface area contributed by atoms with E-state index >= 15 is 0 Å². The van der Waals surface area contributed by atoms with Crippen molar-refractivity contribution >= 4 is 5.65 Å². The molecular formula is C20H14F3N3O. The fourth-order valence-electron chi connectivity index (χ4n) is 2.72. The maximum atomic E-state index is 13.0. The Hall–Kier alpha value is -3.35. The third-order valence-electron chi connectivity index (χ3n) is 4.07. The topological polar surface area (TPSA) is 39.4 Å². The van der Waals surface area contributed by atoms with Crippen molar-refractivity contribution in [1.29, 1.82) is 0 Å². The van der Waals surface area contributed by atoms with E-state index in [9.17, 15) is 13.2 Å². The normalized spacial score (nSPS) is 11.7. The largest absolute Gasteiger partial charge is 0.489 e. The molecule has 0 N–H and O–H groups in total. The van der Waals surface area contributed by atoms with Crippen molar-refractivity contribution in [1.82, 2.24) is 14.6 Å². The molecule has 7 heteroatoms. The summed E-state index contributed by atoms with van der Waals surface area (Å²) in [5, 5.41) is 7.98. The monoisotopic (exact) mass is 369 g/mol. The molecule has 0 amide bonds. The van der Waals surface area contributed by atoms with E-state index in [0.29, 0.717) is 29.4 Å². The van der Waals surface area contributed by atoms with Crippen LogP contribution in [0.5, 0.6) is 5.75 Å².